The van der Waals surface area contributed by atoms with Gasteiger partial charge in [0, 0.05) is 23.5 Å². The Balaban J connectivity index is 1.48. The zero-order chi connectivity index (χ0) is 29.2. The molecule has 0 radical (unpaired) electrons. The lowest BCUT2D eigenvalue weighted by Gasteiger charge is -2.56. The number of nitrogens with zero attached hydrogens (tertiary/aromatic N) is 1. The van der Waals surface area contributed by atoms with Gasteiger partial charge in [-0.15, -0.1) is 0 Å². The van der Waals surface area contributed by atoms with Crippen LogP contribution in [0.4, 0.5) is 8.78 Å². The Bertz CT molecular complexity index is 1700. The molecule has 0 spiro atoms. The zero-order valence-corrected chi connectivity index (χ0v) is 24.5. The molecule has 1 aliphatic carbocycles. The molecule has 2 fully saturated rings. The molecular formula is C29H28ClF2NO6S2. The van der Waals surface area contributed by atoms with Crippen LogP contribution in [-0.4, -0.2) is 46.7 Å². The van der Waals surface area contributed by atoms with Crippen LogP contribution in [0, 0.1) is 23.5 Å². The van der Waals surface area contributed by atoms with E-state index >= 15 is 8.78 Å². The van der Waals surface area contributed by atoms with Crippen molar-refractivity contribution in [1.82, 2.24) is 4.31 Å². The van der Waals surface area contributed by atoms with Gasteiger partial charge in [0.05, 0.1) is 29.9 Å². The molecule has 6 rings (SSSR count). The van der Waals surface area contributed by atoms with Crippen LogP contribution < -0.4 is 9.47 Å². The Morgan fingerprint density at radius 3 is 2.39 bits per heavy atom. The van der Waals surface area contributed by atoms with E-state index in [0.717, 1.165) is 17.7 Å². The fourth-order valence-corrected chi connectivity index (χ4v) is 11.3. The highest BCUT2D eigenvalue weighted by Crippen LogP contribution is 2.60. The van der Waals surface area contributed by atoms with Gasteiger partial charge < -0.3 is 9.47 Å². The number of sulfonamides is 1. The van der Waals surface area contributed by atoms with Crippen LogP contribution in [0.15, 0.2) is 65.6 Å². The number of methoxy groups -OCH3 is 1. The van der Waals surface area contributed by atoms with Crippen molar-refractivity contribution >= 4 is 31.5 Å². The molecule has 0 bridgehead atoms. The van der Waals surface area contributed by atoms with Crippen LogP contribution in [-0.2, 0) is 31.2 Å². The van der Waals surface area contributed by atoms with E-state index in [1.54, 1.807) is 31.4 Å². The molecule has 3 aromatic rings. The molecule has 0 amide bonds. The lowest BCUT2D eigenvalue weighted by Crippen LogP contribution is -2.63. The summed E-state index contributed by atoms with van der Waals surface area (Å²) in [5.74, 6) is -3.01. The van der Waals surface area contributed by atoms with Gasteiger partial charge in [-0.2, -0.15) is 4.31 Å². The predicted molar refractivity (Wildman–Crippen MR) is 149 cm³/mol. The van der Waals surface area contributed by atoms with Crippen LogP contribution in [0.25, 0.3) is 0 Å². The highest BCUT2D eigenvalue weighted by atomic mass is 35.5. The number of hydrogen-bond donors (Lipinski definition) is 0. The molecule has 1 saturated carbocycles. The molecule has 7 nitrogen and oxygen atoms in total. The summed E-state index contributed by atoms with van der Waals surface area (Å²) in [6.07, 6.45) is 0.193. The topological polar surface area (TPSA) is 90.0 Å². The van der Waals surface area contributed by atoms with Crippen molar-refractivity contribution in [2.75, 3.05) is 19.5 Å². The van der Waals surface area contributed by atoms with Gasteiger partial charge in [0.1, 0.15) is 16.3 Å². The third-order valence-corrected chi connectivity index (χ3v) is 13.5. The van der Waals surface area contributed by atoms with Crippen LogP contribution in [0.3, 0.4) is 0 Å². The minimum Gasteiger partial charge on any atom is -0.497 e. The molecule has 12 heteroatoms. The molecular weight excluding hydrogens is 596 g/mol. The Labute approximate surface area is 243 Å². The van der Waals surface area contributed by atoms with E-state index < -0.39 is 59.9 Å². The monoisotopic (exact) mass is 623 g/mol. The average molecular weight is 624 g/mol. The Morgan fingerprint density at radius 1 is 1.02 bits per heavy atom. The van der Waals surface area contributed by atoms with Gasteiger partial charge >= 0.3 is 0 Å². The normalized spacial score (nSPS) is 27.2. The molecule has 218 valence electrons. The summed E-state index contributed by atoms with van der Waals surface area (Å²) in [4.78, 5) is -0.0691. The first-order chi connectivity index (χ1) is 19.5. The van der Waals surface area contributed by atoms with Gasteiger partial charge in [0.15, 0.2) is 21.4 Å². The number of hydrogen-bond acceptors (Lipinski definition) is 6. The van der Waals surface area contributed by atoms with Crippen molar-refractivity contribution < 1.29 is 35.1 Å². The molecule has 1 saturated heterocycles. The summed E-state index contributed by atoms with van der Waals surface area (Å²) >= 11 is 6.03. The van der Waals surface area contributed by atoms with E-state index in [0.29, 0.717) is 10.8 Å². The first kappa shape index (κ1) is 28.4. The Kier molecular flexibility index (Phi) is 7.08. The van der Waals surface area contributed by atoms with Crippen molar-refractivity contribution in [1.29, 1.82) is 0 Å². The van der Waals surface area contributed by atoms with Crippen molar-refractivity contribution in [3.05, 3.63) is 88.4 Å². The number of fused-ring (bicyclic) bond motifs is 5. The highest BCUT2D eigenvalue weighted by Gasteiger charge is 2.64. The summed E-state index contributed by atoms with van der Waals surface area (Å²) in [5, 5.41) is 0.331. The first-order valence-electron chi connectivity index (χ1n) is 13.2. The first-order valence-corrected chi connectivity index (χ1v) is 16.7. The van der Waals surface area contributed by atoms with Crippen molar-refractivity contribution in [3.8, 4) is 11.5 Å². The minimum atomic E-state index is -4.34. The summed E-state index contributed by atoms with van der Waals surface area (Å²) in [6.45, 7) is -0.102. The van der Waals surface area contributed by atoms with Crippen LogP contribution in [0.2, 0.25) is 5.02 Å². The summed E-state index contributed by atoms with van der Waals surface area (Å²) in [7, 11) is -6.47. The van der Waals surface area contributed by atoms with E-state index in [4.69, 9.17) is 21.1 Å². The Morgan fingerprint density at radius 2 is 1.71 bits per heavy atom. The molecule has 4 atom stereocenters. The van der Waals surface area contributed by atoms with Crippen molar-refractivity contribution in [2.45, 2.75) is 41.5 Å². The van der Waals surface area contributed by atoms with E-state index in [-0.39, 0.29) is 48.6 Å². The quantitative estimate of drug-likeness (QED) is 0.382. The van der Waals surface area contributed by atoms with Crippen LogP contribution in [0.1, 0.15) is 30.4 Å². The maximum Gasteiger partial charge on any atom is 0.214 e. The number of rotatable bonds is 5. The molecule has 3 aliphatic rings. The second kappa shape index (κ2) is 10.2. The fourth-order valence-electron chi connectivity index (χ4n) is 6.96. The largest absolute Gasteiger partial charge is 0.497 e. The molecule has 2 heterocycles. The number of benzene rings is 3. The summed E-state index contributed by atoms with van der Waals surface area (Å²) in [5.41, 5.74) is 0.427. The third kappa shape index (κ3) is 4.43. The van der Waals surface area contributed by atoms with E-state index in [1.165, 1.54) is 28.6 Å². The highest BCUT2D eigenvalue weighted by molar-refractivity contribution is 7.92. The SMILES string of the molecule is COc1ccc(CN2[C@H]3CCC4(S(=O)(=O)c5ccc(Cl)cc5)c5c(F)ccc(F)c5OC[C@@H]4[C@H]3CCS2(=O)=O)cc1. The summed E-state index contributed by atoms with van der Waals surface area (Å²) in [6, 6.07) is 14.0. The van der Waals surface area contributed by atoms with Crippen LogP contribution in [0.5, 0.6) is 11.5 Å². The van der Waals surface area contributed by atoms with Crippen LogP contribution >= 0.6 is 11.6 Å². The molecule has 3 aromatic carbocycles. The molecule has 41 heavy (non-hydrogen) atoms. The summed E-state index contributed by atoms with van der Waals surface area (Å²) < 4.78 is 97.2. The lowest BCUT2D eigenvalue weighted by molar-refractivity contribution is 0.0201. The maximum atomic E-state index is 15.7. The third-order valence-electron chi connectivity index (χ3n) is 8.85. The average Bonchev–Trinajstić information content (AvgIpc) is 2.96. The molecule has 0 N–H and O–H groups in total. The second-order valence-corrected chi connectivity index (χ2v) is 15.4. The van der Waals surface area contributed by atoms with Gasteiger partial charge in [-0.25, -0.2) is 25.6 Å². The zero-order valence-electron chi connectivity index (χ0n) is 22.1. The van der Waals surface area contributed by atoms with E-state index in [9.17, 15) is 16.8 Å². The van der Waals surface area contributed by atoms with Gasteiger partial charge in [0.2, 0.25) is 10.0 Å². The lowest BCUT2D eigenvalue weighted by atomic mass is 9.64. The van der Waals surface area contributed by atoms with Gasteiger partial charge in [-0.3, -0.25) is 0 Å². The standard InChI is InChI=1S/C29H28ClF2NO6S2/c1-38-20-6-2-18(3-7-20)16-33-26-12-14-29(41(36,37)21-8-4-19(30)5-9-21)23(22(26)13-15-40(33,34)35)17-39-28-25(32)11-10-24(31)27(28)29/h2-11,22-23,26H,12-17H2,1H3/t22-,23-,26+,29?/m1/s1. The number of ether oxygens (including phenoxy) is 2. The molecule has 0 aromatic heterocycles. The maximum absolute atomic E-state index is 15.7. The second-order valence-electron chi connectivity index (χ2n) is 10.8. The number of halogens is 3. The van der Waals surface area contributed by atoms with Gasteiger partial charge in [-0.05, 0) is 79.3 Å². The Hall–Kier alpha value is -2.73. The predicted octanol–water partition coefficient (Wildman–Crippen LogP) is 5.32. The minimum absolute atomic E-state index is 0.0691. The van der Waals surface area contributed by atoms with Crippen molar-refractivity contribution in [2.24, 2.45) is 11.8 Å². The smallest absolute Gasteiger partial charge is 0.214 e. The molecule has 1 unspecified atom stereocenters. The molecule has 2 aliphatic heterocycles. The fraction of sp³-hybridized carbons (Fsp3) is 0.379. The van der Waals surface area contributed by atoms with Gasteiger partial charge in [-0.1, -0.05) is 23.7 Å². The van der Waals surface area contributed by atoms with Gasteiger partial charge in [0.25, 0.3) is 0 Å². The van der Waals surface area contributed by atoms with E-state index in [2.05, 4.69) is 0 Å². The number of sulfone groups is 1. The van der Waals surface area contributed by atoms with E-state index in [1.807, 2.05) is 0 Å². The van der Waals surface area contributed by atoms with Crippen molar-refractivity contribution in [3.63, 3.8) is 0 Å².